The van der Waals surface area contributed by atoms with Gasteiger partial charge < -0.3 is 19.5 Å². The number of carbonyl (C=O) groups excluding carboxylic acids is 2. The summed E-state index contributed by atoms with van der Waals surface area (Å²) in [6.07, 6.45) is 1.93. The van der Waals surface area contributed by atoms with Crippen molar-refractivity contribution >= 4 is 58.5 Å². The van der Waals surface area contributed by atoms with Gasteiger partial charge in [0.2, 0.25) is 0 Å². The van der Waals surface area contributed by atoms with Gasteiger partial charge in [-0.25, -0.2) is 9.59 Å². The maximum absolute atomic E-state index is 12.8. The number of rotatable bonds is 5. The molecule has 0 amide bonds. The number of fused-ring (bicyclic) bond motifs is 3. The van der Waals surface area contributed by atoms with Crippen molar-refractivity contribution in [2.45, 2.75) is 37.3 Å². The topological polar surface area (TPSA) is 73.9 Å². The number of hydrogen-bond donors (Lipinski definition) is 1. The number of anilines is 1. The van der Waals surface area contributed by atoms with Gasteiger partial charge in [0.15, 0.2) is 0 Å². The smallest absolute Gasteiger partial charge is 0.345 e. The molecule has 0 saturated carbocycles. The minimum absolute atomic E-state index is 0.298. The lowest BCUT2D eigenvalue weighted by Crippen LogP contribution is -2.40. The quantitative estimate of drug-likeness (QED) is 0.546. The van der Waals surface area contributed by atoms with E-state index >= 15 is 0 Å². The third kappa shape index (κ3) is 3.95. The number of hydrogen-bond acceptors (Lipinski definition) is 9. The Morgan fingerprint density at radius 1 is 1.06 bits per heavy atom. The van der Waals surface area contributed by atoms with Gasteiger partial charge in [-0.3, -0.25) is 0 Å². The lowest BCUT2D eigenvalue weighted by molar-refractivity contribution is -0.138. The number of esters is 2. The molecule has 0 bridgehead atoms. The van der Waals surface area contributed by atoms with Crippen LogP contribution in [0.4, 0.5) is 5.69 Å². The number of methoxy groups -OCH3 is 1. The standard InChI is InChI=1S/C23H25NO5S3/c1-6-28-20(25)16-11-23(30-12-17(32-23)21(26)29-7-2)18-14-9-8-13(27-5)10-15(14)24-22(3,4)19(18)31-16/h8-12,24H,6-7H2,1-5H3/t23-/m0/s1. The van der Waals surface area contributed by atoms with Gasteiger partial charge in [0, 0.05) is 27.8 Å². The summed E-state index contributed by atoms with van der Waals surface area (Å²) < 4.78 is 15.3. The normalized spacial score (nSPS) is 22.9. The molecule has 32 heavy (non-hydrogen) atoms. The van der Waals surface area contributed by atoms with Crippen LogP contribution in [0.15, 0.2) is 44.4 Å². The molecule has 4 rings (SSSR count). The Kier molecular flexibility index (Phi) is 6.35. The first-order valence-corrected chi connectivity index (χ1v) is 12.8. The van der Waals surface area contributed by atoms with Crippen LogP contribution in [0, 0.1) is 0 Å². The number of benzene rings is 1. The van der Waals surface area contributed by atoms with Crippen molar-refractivity contribution in [3.05, 3.63) is 50.0 Å². The number of carbonyl (C=O) groups is 2. The van der Waals surface area contributed by atoms with E-state index in [2.05, 4.69) is 19.2 Å². The summed E-state index contributed by atoms with van der Waals surface area (Å²) in [5, 5.41) is 5.43. The maximum atomic E-state index is 12.8. The molecule has 1 aromatic carbocycles. The zero-order valence-corrected chi connectivity index (χ0v) is 21.0. The van der Waals surface area contributed by atoms with E-state index in [0.717, 1.165) is 27.5 Å². The average molecular weight is 492 g/mol. The van der Waals surface area contributed by atoms with E-state index in [0.29, 0.717) is 23.0 Å². The maximum Gasteiger partial charge on any atom is 0.345 e. The van der Waals surface area contributed by atoms with Crippen LogP contribution in [-0.4, -0.2) is 41.9 Å². The van der Waals surface area contributed by atoms with Crippen LogP contribution in [0.5, 0.6) is 5.75 Å². The fourth-order valence-electron chi connectivity index (χ4n) is 3.83. The average Bonchev–Trinajstić information content (AvgIpc) is 3.17. The van der Waals surface area contributed by atoms with Crippen molar-refractivity contribution in [1.29, 1.82) is 0 Å². The monoisotopic (exact) mass is 491 g/mol. The summed E-state index contributed by atoms with van der Waals surface area (Å²) in [6.45, 7) is 8.36. The number of nitrogens with one attached hydrogen (secondary N) is 1. The van der Waals surface area contributed by atoms with Gasteiger partial charge >= 0.3 is 11.9 Å². The van der Waals surface area contributed by atoms with Crippen LogP contribution in [0.1, 0.15) is 33.3 Å². The molecule has 170 valence electrons. The third-order valence-electron chi connectivity index (χ3n) is 5.18. The fourth-order valence-corrected chi connectivity index (χ4v) is 8.18. The highest BCUT2D eigenvalue weighted by molar-refractivity contribution is 8.25. The first kappa shape index (κ1) is 23.2. The number of thioether (sulfide) groups is 3. The minimum atomic E-state index is -0.687. The summed E-state index contributed by atoms with van der Waals surface area (Å²) in [4.78, 5) is 27.4. The van der Waals surface area contributed by atoms with Gasteiger partial charge in [0.05, 0.1) is 30.8 Å². The van der Waals surface area contributed by atoms with Crippen molar-refractivity contribution in [3.8, 4) is 5.75 Å². The molecule has 3 aliphatic heterocycles. The molecule has 3 aliphatic rings. The zero-order chi connectivity index (χ0) is 23.1. The van der Waals surface area contributed by atoms with Crippen molar-refractivity contribution < 1.29 is 23.8 Å². The van der Waals surface area contributed by atoms with Gasteiger partial charge in [-0.2, -0.15) is 0 Å². The molecule has 1 aromatic rings. The second-order valence-electron chi connectivity index (χ2n) is 7.79. The van der Waals surface area contributed by atoms with Crippen LogP contribution in [0.3, 0.4) is 0 Å². The Bertz CT molecular complexity index is 1080. The van der Waals surface area contributed by atoms with Gasteiger partial charge in [-0.15, -0.1) is 11.8 Å². The van der Waals surface area contributed by atoms with Crippen LogP contribution < -0.4 is 10.1 Å². The zero-order valence-electron chi connectivity index (χ0n) is 18.6. The largest absolute Gasteiger partial charge is 0.497 e. The Morgan fingerprint density at radius 3 is 2.41 bits per heavy atom. The van der Waals surface area contributed by atoms with E-state index in [4.69, 9.17) is 14.2 Å². The molecule has 0 unspecified atom stereocenters. The Labute approximate surface area is 200 Å². The fraction of sp³-hybridized carbons (Fsp3) is 0.391. The summed E-state index contributed by atoms with van der Waals surface area (Å²) in [7, 11) is 1.64. The summed E-state index contributed by atoms with van der Waals surface area (Å²) in [6, 6.07) is 5.94. The van der Waals surface area contributed by atoms with E-state index in [1.165, 1.54) is 35.3 Å². The predicted molar refractivity (Wildman–Crippen MR) is 133 cm³/mol. The Morgan fingerprint density at radius 2 is 1.75 bits per heavy atom. The van der Waals surface area contributed by atoms with Crippen LogP contribution >= 0.6 is 35.3 Å². The summed E-state index contributed by atoms with van der Waals surface area (Å²) in [5.74, 6) is 0.0513. The van der Waals surface area contributed by atoms with Crippen molar-refractivity contribution in [2.75, 3.05) is 25.6 Å². The highest BCUT2D eigenvalue weighted by Crippen LogP contribution is 2.65. The van der Waals surface area contributed by atoms with Crippen LogP contribution in [-0.2, 0) is 19.1 Å². The van der Waals surface area contributed by atoms with E-state index in [9.17, 15) is 9.59 Å². The summed E-state index contributed by atoms with van der Waals surface area (Å²) in [5.41, 5.74) is 2.59. The lowest BCUT2D eigenvalue weighted by atomic mass is 9.87. The van der Waals surface area contributed by atoms with E-state index in [-0.39, 0.29) is 11.9 Å². The molecule has 0 radical (unpaired) electrons. The van der Waals surface area contributed by atoms with Crippen molar-refractivity contribution in [1.82, 2.24) is 0 Å². The van der Waals surface area contributed by atoms with Crippen molar-refractivity contribution in [2.24, 2.45) is 0 Å². The molecular weight excluding hydrogens is 466 g/mol. The van der Waals surface area contributed by atoms with Gasteiger partial charge in [0.1, 0.15) is 14.7 Å². The Balaban J connectivity index is 1.87. The van der Waals surface area contributed by atoms with E-state index < -0.39 is 9.62 Å². The Hall–Kier alpha value is -1.97. The molecule has 9 heteroatoms. The predicted octanol–water partition coefficient (Wildman–Crippen LogP) is 5.39. The molecule has 0 aromatic heterocycles. The molecule has 3 heterocycles. The molecule has 1 spiro atoms. The SMILES string of the molecule is CCOC(=O)C1=C[C@@]2(SC=C(C(=O)OCC)S2)C2=C(S1)C(C)(C)Nc1cc(OC)ccc12. The van der Waals surface area contributed by atoms with Crippen LogP contribution in [0.25, 0.3) is 5.57 Å². The third-order valence-corrected chi connectivity index (χ3v) is 9.44. The summed E-state index contributed by atoms with van der Waals surface area (Å²) >= 11 is 4.36. The first-order valence-electron chi connectivity index (χ1n) is 10.3. The number of ether oxygens (including phenoxy) is 3. The lowest BCUT2D eigenvalue weighted by Gasteiger charge is -2.44. The van der Waals surface area contributed by atoms with E-state index in [1.807, 2.05) is 29.7 Å². The van der Waals surface area contributed by atoms with Gasteiger partial charge in [0.25, 0.3) is 0 Å². The van der Waals surface area contributed by atoms with E-state index in [1.54, 1.807) is 21.0 Å². The first-order chi connectivity index (χ1) is 15.2. The second kappa shape index (κ2) is 8.76. The molecular formula is C23H25NO5S3. The second-order valence-corrected chi connectivity index (χ2v) is 11.5. The minimum Gasteiger partial charge on any atom is -0.497 e. The molecule has 0 saturated heterocycles. The molecule has 0 aliphatic carbocycles. The molecule has 0 fully saturated rings. The molecule has 6 nitrogen and oxygen atoms in total. The van der Waals surface area contributed by atoms with Gasteiger partial charge in [-0.1, -0.05) is 23.5 Å². The van der Waals surface area contributed by atoms with Crippen LogP contribution in [0.2, 0.25) is 0 Å². The molecule has 1 atom stereocenters. The van der Waals surface area contributed by atoms with Gasteiger partial charge in [-0.05, 0) is 51.3 Å². The van der Waals surface area contributed by atoms with Crippen molar-refractivity contribution in [3.63, 3.8) is 0 Å². The highest BCUT2D eigenvalue weighted by Gasteiger charge is 2.51. The molecule has 1 N–H and O–H groups in total. The highest BCUT2D eigenvalue weighted by atomic mass is 32.2.